The molecule has 0 bridgehead atoms. The van der Waals surface area contributed by atoms with Crippen LogP contribution in [0.25, 0.3) is 0 Å². The molecule has 9 heteroatoms. The zero-order valence-electron chi connectivity index (χ0n) is 11.3. The van der Waals surface area contributed by atoms with Crippen LogP contribution in [0.2, 0.25) is 0 Å². The molecule has 1 N–H and O–H groups in total. The summed E-state index contributed by atoms with van der Waals surface area (Å²) in [7, 11) is 0. The van der Waals surface area contributed by atoms with Crippen LogP contribution in [0.3, 0.4) is 0 Å². The van der Waals surface area contributed by atoms with Crippen LogP contribution in [0.15, 0.2) is 27.8 Å². The van der Waals surface area contributed by atoms with E-state index in [2.05, 4.69) is 15.5 Å². The summed E-state index contributed by atoms with van der Waals surface area (Å²) in [5.41, 5.74) is 0.791. The molecule has 0 aliphatic heterocycles. The number of nitrogens with zero attached hydrogens (tertiary/aromatic N) is 3. The molecule has 110 valence electrons. The van der Waals surface area contributed by atoms with Crippen LogP contribution in [-0.2, 0) is 4.79 Å². The number of nitrogens with one attached hydrogen (secondary N) is 1. The quantitative estimate of drug-likeness (QED) is 0.512. The lowest BCUT2D eigenvalue weighted by Gasteiger charge is -2.07. The van der Waals surface area contributed by atoms with E-state index in [0.717, 1.165) is 11.8 Å². The number of nitro groups is 1. The Hall–Kier alpha value is -2.42. The second-order valence-electron chi connectivity index (χ2n) is 4.13. The maximum absolute atomic E-state index is 11.8. The Balaban J connectivity index is 1.99. The lowest BCUT2D eigenvalue weighted by atomic mass is 10.1. The molecular formula is C12H12N4O4S. The van der Waals surface area contributed by atoms with Crippen LogP contribution >= 0.6 is 11.8 Å². The third kappa shape index (κ3) is 3.78. The summed E-state index contributed by atoms with van der Waals surface area (Å²) in [6.45, 7) is 3.24. The highest BCUT2D eigenvalue weighted by molar-refractivity contribution is 7.99. The molecule has 0 saturated carbocycles. The standard InChI is InChI=1S/C12H12N4O4S/c1-7-9(4-3-5-10(7)16(18)19)13-11(17)6-21-12-15-14-8(2)20-12/h3-5H,6H2,1-2H3,(H,13,17). The molecule has 0 aliphatic carbocycles. The number of anilines is 1. The molecule has 1 amide bonds. The third-order valence-corrected chi connectivity index (χ3v) is 3.43. The Morgan fingerprint density at radius 2 is 2.19 bits per heavy atom. The summed E-state index contributed by atoms with van der Waals surface area (Å²) in [6.07, 6.45) is 0. The summed E-state index contributed by atoms with van der Waals surface area (Å²) in [5.74, 6) is 0.191. The zero-order chi connectivity index (χ0) is 15.4. The molecule has 2 aromatic rings. The van der Waals surface area contributed by atoms with Gasteiger partial charge in [-0.15, -0.1) is 10.2 Å². The van der Waals surface area contributed by atoms with Crippen molar-refractivity contribution < 1.29 is 14.1 Å². The molecule has 0 fully saturated rings. The fraction of sp³-hybridized carbons (Fsp3) is 0.250. The van der Waals surface area contributed by atoms with Gasteiger partial charge in [-0.3, -0.25) is 14.9 Å². The normalized spacial score (nSPS) is 10.4. The maximum Gasteiger partial charge on any atom is 0.277 e. The molecule has 1 aromatic heterocycles. The molecular weight excluding hydrogens is 296 g/mol. The molecule has 8 nitrogen and oxygen atoms in total. The molecule has 1 aromatic carbocycles. The highest BCUT2D eigenvalue weighted by Gasteiger charge is 2.15. The van der Waals surface area contributed by atoms with E-state index in [9.17, 15) is 14.9 Å². The molecule has 0 unspecified atom stereocenters. The molecule has 0 aliphatic rings. The second kappa shape index (κ2) is 6.35. The Labute approximate surface area is 124 Å². The predicted octanol–water partition coefficient (Wildman–Crippen LogP) is 2.33. The molecule has 2 rings (SSSR count). The topological polar surface area (TPSA) is 111 Å². The lowest BCUT2D eigenvalue weighted by Crippen LogP contribution is -2.15. The van der Waals surface area contributed by atoms with Gasteiger partial charge in [0.1, 0.15) is 0 Å². The van der Waals surface area contributed by atoms with Crippen LogP contribution in [0.1, 0.15) is 11.5 Å². The number of amides is 1. The summed E-state index contributed by atoms with van der Waals surface area (Å²) in [6, 6.07) is 4.53. The van der Waals surface area contributed by atoms with E-state index >= 15 is 0 Å². The van der Waals surface area contributed by atoms with Crippen molar-refractivity contribution in [2.24, 2.45) is 0 Å². The van der Waals surface area contributed by atoms with Crippen molar-refractivity contribution in [2.45, 2.75) is 19.1 Å². The second-order valence-corrected chi connectivity index (χ2v) is 5.06. The fourth-order valence-electron chi connectivity index (χ4n) is 1.61. The molecule has 0 atom stereocenters. The van der Waals surface area contributed by atoms with Gasteiger partial charge in [0, 0.05) is 13.0 Å². The Morgan fingerprint density at radius 3 is 2.81 bits per heavy atom. The van der Waals surface area contributed by atoms with Crippen LogP contribution in [0, 0.1) is 24.0 Å². The number of hydrogen-bond acceptors (Lipinski definition) is 7. The van der Waals surface area contributed by atoms with Crippen LogP contribution in [0.5, 0.6) is 0 Å². The van der Waals surface area contributed by atoms with Gasteiger partial charge < -0.3 is 9.73 Å². The van der Waals surface area contributed by atoms with Crippen molar-refractivity contribution in [3.8, 4) is 0 Å². The van der Waals surface area contributed by atoms with Gasteiger partial charge in [-0.2, -0.15) is 0 Å². The number of aromatic nitrogens is 2. The third-order valence-electron chi connectivity index (χ3n) is 2.61. The molecule has 1 heterocycles. The Morgan fingerprint density at radius 1 is 1.43 bits per heavy atom. The van der Waals surface area contributed by atoms with E-state index in [1.165, 1.54) is 12.1 Å². The average Bonchev–Trinajstić information content (AvgIpc) is 2.84. The van der Waals surface area contributed by atoms with Crippen molar-refractivity contribution in [3.05, 3.63) is 39.8 Å². The van der Waals surface area contributed by atoms with Gasteiger partial charge in [0.25, 0.3) is 10.9 Å². The summed E-state index contributed by atoms with van der Waals surface area (Å²) in [5, 5.41) is 21.2. The average molecular weight is 308 g/mol. The van der Waals surface area contributed by atoms with E-state index in [0.29, 0.717) is 22.4 Å². The number of aryl methyl sites for hydroxylation is 1. The van der Waals surface area contributed by atoms with E-state index in [1.807, 2.05) is 0 Å². The van der Waals surface area contributed by atoms with Gasteiger partial charge in [0.05, 0.1) is 21.9 Å². The molecule has 21 heavy (non-hydrogen) atoms. The number of hydrogen-bond donors (Lipinski definition) is 1. The van der Waals surface area contributed by atoms with Crippen LogP contribution in [0.4, 0.5) is 11.4 Å². The van der Waals surface area contributed by atoms with Gasteiger partial charge >= 0.3 is 0 Å². The van der Waals surface area contributed by atoms with Crippen LogP contribution in [-0.4, -0.2) is 26.8 Å². The molecule has 0 saturated heterocycles. The summed E-state index contributed by atoms with van der Waals surface area (Å²) in [4.78, 5) is 22.2. The first-order chi connectivity index (χ1) is 9.97. The van der Waals surface area contributed by atoms with Gasteiger partial charge in [-0.25, -0.2) is 0 Å². The van der Waals surface area contributed by atoms with Crippen molar-refractivity contribution in [1.29, 1.82) is 0 Å². The largest absolute Gasteiger partial charge is 0.416 e. The monoisotopic (exact) mass is 308 g/mol. The number of carbonyl (C=O) groups excluding carboxylic acids is 1. The van der Waals surface area contributed by atoms with Gasteiger partial charge in [-0.05, 0) is 13.0 Å². The number of benzene rings is 1. The lowest BCUT2D eigenvalue weighted by molar-refractivity contribution is -0.385. The minimum atomic E-state index is -0.485. The van der Waals surface area contributed by atoms with Crippen molar-refractivity contribution in [3.63, 3.8) is 0 Å². The number of thioether (sulfide) groups is 1. The van der Waals surface area contributed by atoms with E-state index in [1.54, 1.807) is 19.9 Å². The number of rotatable bonds is 5. The Kier molecular flexibility index (Phi) is 4.53. The Bertz CT molecular complexity index is 686. The SMILES string of the molecule is Cc1nnc(SCC(=O)Nc2cccc([N+](=O)[O-])c2C)o1. The molecule has 0 radical (unpaired) electrons. The first kappa shape index (κ1) is 15.0. The number of carbonyl (C=O) groups is 1. The maximum atomic E-state index is 11.8. The van der Waals surface area contributed by atoms with Crippen molar-refractivity contribution >= 4 is 29.0 Å². The minimum absolute atomic E-state index is 0.0343. The predicted molar refractivity (Wildman–Crippen MR) is 76.2 cm³/mol. The fourth-order valence-corrected chi connectivity index (χ4v) is 2.21. The van der Waals surface area contributed by atoms with E-state index in [4.69, 9.17) is 4.42 Å². The summed E-state index contributed by atoms with van der Waals surface area (Å²) < 4.78 is 5.13. The summed E-state index contributed by atoms with van der Waals surface area (Å²) >= 11 is 1.10. The highest BCUT2D eigenvalue weighted by Crippen LogP contribution is 2.25. The zero-order valence-corrected chi connectivity index (χ0v) is 12.1. The van der Waals surface area contributed by atoms with Crippen molar-refractivity contribution in [1.82, 2.24) is 10.2 Å². The first-order valence-corrected chi connectivity index (χ1v) is 6.92. The first-order valence-electron chi connectivity index (χ1n) is 5.94. The minimum Gasteiger partial charge on any atom is -0.416 e. The van der Waals surface area contributed by atoms with Gasteiger partial charge in [-0.1, -0.05) is 17.8 Å². The molecule has 0 spiro atoms. The highest BCUT2D eigenvalue weighted by atomic mass is 32.2. The van der Waals surface area contributed by atoms with E-state index in [-0.39, 0.29) is 17.3 Å². The van der Waals surface area contributed by atoms with Crippen LogP contribution < -0.4 is 5.32 Å². The van der Waals surface area contributed by atoms with Crippen molar-refractivity contribution in [2.75, 3.05) is 11.1 Å². The van der Waals surface area contributed by atoms with E-state index < -0.39 is 4.92 Å². The van der Waals surface area contributed by atoms with Gasteiger partial charge in [0.2, 0.25) is 11.8 Å². The smallest absolute Gasteiger partial charge is 0.277 e. The number of nitro benzene ring substituents is 1. The van der Waals surface area contributed by atoms with Gasteiger partial charge in [0.15, 0.2) is 0 Å².